The molecule has 2 amide bonds. The van der Waals surface area contributed by atoms with E-state index in [2.05, 4.69) is 16.0 Å². The third kappa shape index (κ3) is 6.75. The number of nitrogens with one attached hydrogen (secondary N) is 3. The highest BCUT2D eigenvalue weighted by Gasteiger charge is 2.29. The Kier molecular flexibility index (Phi) is 9.23. The number of hydrogen-bond donors (Lipinski definition) is 3. The van der Waals surface area contributed by atoms with Crippen molar-refractivity contribution in [2.24, 2.45) is 0 Å². The predicted octanol–water partition coefficient (Wildman–Crippen LogP) is 2.33. The van der Waals surface area contributed by atoms with Crippen LogP contribution in [0.5, 0.6) is 11.5 Å². The Morgan fingerprint density at radius 2 is 1.68 bits per heavy atom. The fourth-order valence-corrected chi connectivity index (χ4v) is 4.87. The van der Waals surface area contributed by atoms with Gasteiger partial charge in [-0.15, -0.1) is 0 Å². The number of carbonyl (C=O) groups excluding carboxylic acids is 2. The van der Waals surface area contributed by atoms with E-state index in [0.717, 1.165) is 10.6 Å². The van der Waals surface area contributed by atoms with Crippen LogP contribution in [0.3, 0.4) is 0 Å². The summed E-state index contributed by atoms with van der Waals surface area (Å²) < 4.78 is 36.7. The Bertz CT molecular complexity index is 1320. The highest BCUT2D eigenvalue weighted by molar-refractivity contribution is 7.92. The second-order valence-electron chi connectivity index (χ2n) is 9.01. The minimum atomic E-state index is -3.70. The van der Waals surface area contributed by atoms with Gasteiger partial charge in [-0.25, -0.2) is 8.42 Å². The van der Waals surface area contributed by atoms with E-state index < -0.39 is 15.9 Å². The van der Waals surface area contributed by atoms with Gasteiger partial charge in [0.15, 0.2) is 11.5 Å². The summed E-state index contributed by atoms with van der Waals surface area (Å²) in [5.74, 6) is 0.373. The van der Waals surface area contributed by atoms with E-state index in [4.69, 9.17) is 9.47 Å². The fourth-order valence-electron chi connectivity index (χ4n) is 4.01. The van der Waals surface area contributed by atoms with Crippen LogP contribution >= 0.6 is 0 Å². The average Bonchev–Trinajstić information content (AvgIpc) is 3.18. The van der Waals surface area contributed by atoms with Crippen LogP contribution in [0.15, 0.2) is 42.1 Å². The first-order valence-electron chi connectivity index (χ1n) is 12.1. The van der Waals surface area contributed by atoms with Gasteiger partial charge < -0.3 is 30.3 Å². The molecule has 0 radical (unpaired) electrons. The lowest BCUT2D eigenvalue weighted by atomic mass is 10.0. The van der Waals surface area contributed by atoms with Gasteiger partial charge in [-0.3, -0.25) is 13.9 Å². The number of hydrogen-bond acceptors (Lipinski definition) is 8. The van der Waals surface area contributed by atoms with Crippen molar-refractivity contribution in [1.29, 1.82) is 0 Å². The largest absolute Gasteiger partial charge is 0.493 e. The summed E-state index contributed by atoms with van der Waals surface area (Å²) in [6, 6.07) is 10.1. The molecule has 0 aliphatic carbocycles. The summed E-state index contributed by atoms with van der Waals surface area (Å²) in [4.78, 5) is 27.2. The lowest BCUT2D eigenvalue weighted by Crippen LogP contribution is -2.42. The molecule has 1 aliphatic rings. The van der Waals surface area contributed by atoms with Gasteiger partial charge in [0, 0.05) is 36.1 Å². The molecular weight excluding hydrogens is 510 g/mol. The zero-order valence-corrected chi connectivity index (χ0v) is 23.4. The summed E-state index contributed by atoms with van der Waals surface area (Å²) in [6.07, 6.45) is 1.59. The number of benzene rings is 2. The normalized spacial score (nSPS) is 14.0. The number of fused-ring (bicyclic) bond motifs is 1. The molecule has 0 spiro atoms. The van der Waals surface area contributed by atoms with Crippen LogP contribution in [0.2, 0.25) is 0 Å². The van der Waals surface area contributed by atoms with E-state index in [1.54, 1.807) is 36.4 Å². The lowest BCUT2D eigenvalue weighted by Gasteiger charge is -2.22. The van der Waals surface area contributed by atoms with Crippen molar-refractivity contribution in [1.82, 2.24) is 10.2 Å². The quantitative estimate of drug-likeness (QED) is 0.347. The first-order valence-corrected chi connectivity index (χ1v) is 13.9. The smallest absolute Gasteiger partial charge is 0.258 e. The molecule has 3 N–H and O–H groups in total. The first kappa shape index (κ1) is 28.8. The molecule has 0 saturated heterocycles. The number of sulfonamides is 1. The van der Waals surface area contributed by atoms with Crippen molar-refractivity contribution in [3.63, 3.8) is 0 Å². The van der Waals surface area contributed by atoms with Gasteiger partial charge in [-0.1, -0.05) is 6.92 Å². The molecule has 0 saturated carbocycles. The maximum atomic E-state index is 12.9. The zero-order valence-electron chi connectivity index (χ0n) is 22.5. The Morgan fingerprint density at radius 3 is 2.24 bits per heavy atom. The Labute approximate surface area is 223 Å². The number of likely N-dealkylation sites (N-methyl/N-ethyl adjacent to an activating group) is 1. The summed E-state index contributed by atoms with van der Waals surface area (Å²) in [7, 11) is 3.13. The van der Waals surface area contributed by atoms with E-state index >= 15 is 0 Å². The third-order valence-corrected chi connectivity index (χ3v) is 7.08. The number of allylic oxidation sites excluding steroid dienone is 1. The molecule has 3 rings (SSSR count). The summed E-state index contributed by atoms with van der Waals surface area (Å²) >= 11 is 0. The van der Waals surface area contributed by atoms with Crippen LogP contribution in [0.25, 0.3) is 5.57 Å². The van der Waals surface area contributed by atoms with Gasteiger partial charge in [0.05, 0.1) is 37.4 Å². The van der Waals surface area contributed by atoms with Crippen LogP contribution in [0, 0.1) is 0 Å². The standard InChI is InChI=1S/C26H35N5O6S/c1-7-20(25-19-14-22(36-4)23(37-5)15-21(19)29-26(25)33)28-17-8-10-18(11-9-17)31(38(6,34)35)16-24(32)27-12-13-30(2)3/h8-11,14-15,28H,7,12-13,16H2,1-6H3,(H,27,32)(H,29,33)/b25-20-. The van der Waals surface area contributed by atoms with Gasteiger partial charge in [0.2, 0.25) is 15.9 Å². The van der Waals surface area contributed by atoms with Gasteiger partial charge in [0.1, 0.15) is 6.54 Å². The highest BCUT2D eigenvalue weighted by Crippen LogP contribution is 2.42. The summed E-state index contributed by atoms with van der Waals surface area (Å²) in [5.41, 5.74) is 3.49. The number of carbonyl (C=O) groups is 2. The van der Waals surface area contributed by atoms with Crippen molar-refractivity contribution < 1.29 is 27.5 Å². The Hall–Kier alpha value is -3.77. The van der Waals surface area contributed by atoms with Gasteiger partial charge in [-0.05, 0) is 50.8 Å². The van der Waals surface area contributed by atoms with Gasteiger partial charge in [-0.2, -0.15) is 0 Å². The maximum Gasteiger partial charge on any atom is 0.258 e. The maximum absolute atomic E-state index is 12.9. The molecule has 1 aliphatic heterocycles. The van der Waals surface area contributed by atoms with Crippen LogP contribution in [0.4, 0.5) is 17.1 Å². The topological polar surface area (TPSA) is 129 Å². The van der Waals surface area contributed by atoms with Crippen LogP contribution in [0.1, 0.15) is 18.9 Å². The lowest BCUT2D eigenvalue weighted by molar-refractivity contribution is -0.119. The second kappa shape index (κ2) is 12.2. The zero-order chi connectivity index (χ0) is 28.0. The van der Waals surface area contributed by atoms with Crippen molar-refractivity contribution in [2.75, 3.05) is 69.1 Å². The molecule has 0 fully saturated rings. The summed E-state index contributed by atoms with van der Waals surface area (Å²) in [5, 5.41) is 8.88. The molecule has 2 aromatic rings. The fraction of sp³-hybridized carbons (Fsp3) is 0.385. The molecule has 0 unspecified atom stereocenters. The van der Waals surface area contributed by atoms with Crippen molar-refractivity contribution in [3.05, 3.63) is 47.7 Å². The van der Waals surface area contributed by atoms with Crippen LogP contribution in [-0.4, -0.2) is 79.3 Å². The molecule has 11 nitrogen and oxygen atoms in total. The number of rotatable bonds is 12. The second-order valence-corrected chi connectivity index (χ2v) is 10.9. The molecule has 12 heteroatoms. The Balaban J connectivity index is 1.85. The van der Waals surface area contributed by atoms with Crippen LogP contribution in [-0.2, 0) is 19.6 Å². The van der Waals surface area contributed by atoms with Gasteiger partial charge in [0.25, 0.3) is 5.91 Å². The first-order chi connectivity index (χ1) is 18.0. The monoisotopic (exact) mass is 545 g/mol. The number of methoxy groups -OCH3 is 2. The van der Waals surface area contributed by atoms with E-state index in [-0.39, 0.29) is 12.5 Å². The minimum absolute atomic E-state index is 0.250. The average molecular weight is 546 g/mol. The number of nitrogens with zero attached hydrogens (tertiary/aromatic N) is 2. The molecule has 38 heavy (non-hydrogen) atoms. The van der Waals surface area contributed by atoms with Crippen molar-refractivity contribution in [3.8, 4) is 11.5 Å². The SMILES string of the molecule is CC/C(Nc1ccc(N(CC(=O)NCCN(C)C)S(C)(=O)=O)cc1)=C1/C(=O)Nc2cc(OC)c(OC)cc21. The molecule has 1 heterocycles. The van der Waals surface area contributed by atoms with Crippen LogP contribution < -0.4 is 29.7 Å². The predicted molar refractivity (Wildman–Crippen MR) is 149 cm³/mol. The molecule has 0 aromatic heterocycles. The third-order valence-electron chi connectivity index (χ3n) is 5.94. The van der Waals surface area contributed by atoms with E-state index in [1.165, 1.54) is 14.2 Å². The number of ether oxygens (including phenoxy) is 2. The molecular formula is C26H35N5O6S. The number of anilines is 3. The van der Waals surface area contributed by atoms with E-state index in [9.17, 15) is 18.0 Å². The summed E-state index contributed by atoms with van der Waals surface area (Å²) in [6.45, 7) is 2.65. The minimum Gasteiger partial charge on any atom is -0.493 e. The molecule has 0 bridgehead atoms. The van der Waals surface area contributed by atoms with Gasteiger partial charge >= 0.3 is 0 Å². The van der Waals surface area contributed by atoms with Crippen molar-refractivity contribution >= 4 is 44.5 Å². The molecule has 2 aromatic carbocycles. The molecule has 206 valence electrons. The van der Waals surface area contributed by atoms with Crippen molar-refractivity contribution in [2.45, 2.75) is 13.3 Å². The Morgan fingerprint density at radius 1 is 1.05 bits per heavy atom. The van der Waals surface area contributed by atoms with E-state index in [0.29, 0.717) is 64.9 Å². The highest BCUT2D eigenvalue weighted by atomic mass is 32.2. The molecule has 0 atom stereocenters. The number of amides is 2. The van der Waals surface area contributed by atoms with E-state index in [1.807, 2.05) is 25.9 Å².